The molecule has 0 bridgehead atoms. The molecule has 0 aromatic rings. The highest BCUT2D eigenvalue weighted by atomic mass is 32.2. The number of hydrogen-bond donors (Lipinski definition) is 1. The second kappa shape index (κ2) is 9.75. The Kier molecular flexibility index (Phi) is 7.58. The molecule has 1 N–H and O–H groups in total. The molecule has 4 fully saturated rings. The Balaban J connectivity index is 1.66. The van der Waals surface area contributed by atoms with Crippen LogP contribution in [0.1, 0.15) is 65.7 Å². The minimum atomic E-state index is -6.46. The number of hydrogen-bond acceptors (Lipinski definition) is 7. The second-order valence-corrected chi connectivity index (χ2v) is 14.2. The molecule has 0 radical (unpaired) electrons. The Morgan fingerprint density at radius 2 is 1.59 bits per heavy atom. The lowest BCUT2D eigenvalue weighted by Crippen LogP contribution is -2.64. The first-order chi connectivity index (χ1) is 18.5. The molecule has 0 heterocycles. The van der Waals surface area contributed by atoms with Crippen molar-refractivity contribution in [2.75, 3.05) is 5.75 Å². The lowest BCUT2D eigenvalue weighted by molar-refractivity contribution is -0.362. The highest BCUT2D eigenvalue weighted by molar-refractivity contribution is 7.85. The third kappa shape index (κ3) is 4.92. The Labute approximate surface area is 232 Å². The van der Waals surface area contributed by atoms with Gasteiger partial charge in [-0.3, -0.25) is 23.7 Å². The van der Waals surface area contributed by atoms with Gasteiger partial charge in [-0.05, 0) is 48.3 Å². The molecule has 0 aromatic heterocycles. The van der Waals surface area contributed by atoms with Gasteiger partial charge in [-0.15, -0.1) is 0 Å². The Morgan fingerprint density at radius 3 is 2.12 bits per heavy atom. The minimum absolute atomic E-state index is 0.0294. The summed E-state index contributed by atoms with van der Waals surface area (Å²) in [5.74, 6) is -10.1. The molecule has 15 heteroatoms. The van der Waals surface area contributed by atoms with Gasteiger partial charge in [-0.2, -0.15) is 34.8 Å². The standard InChI is InChI=1S/C26H32F6O8S/c1-12(21(36)40-24(25(27,28)29,26(30,31)32)11-41(37,38)39)15-4-5-16-20-17(10-19(35)23(15,16)3)22(2)7-6-14(33)8-13(22)9-18(20)34/h12-13,15-17,20H,4-11H2,1-3H3,(H,37,38,39). The van der Waals surface area contributed by atoms with Crippen LogP contribution in [0.15, 0.2) is 0 Å². The normalized spacial score (nSPS) is 37.2. The van der Waals surface area contributed by atoms with Gasteiger partial charge in [0.1, 0.15) is 23.1 Å². The molecule has 4 aliphatic carbocycles. The van der Waals surface area contributed by atoms with E-state index in [4.69, 9.17) is 4.55 Å². The maximum absolute atomic E-state index is 13.8. The molecule has 0 aliphatic heterocycles. The molecule has 4 saturated carbocycles. The van der Waals surface area contributed by atoms with E-state index in [2.05, 4.69) is 4.74 Å². The van der Waals surface area contributed by atoms with Crippen LogP contribution in [0.5, 0.6) is 0 Å². The maximum atomic E-state index is 13.8. The number of ketones is 3. The van der Waals surface area contributed by atoms with Crippen LogP contribution < -0.4 is 0 Å². The highest BCUT2D eigenvalue weighted by Crippen LogP contribution is 2.66. The third-order valence-corrected chi connectivity index (χ3v) is 11.5. The topological polar surface area (TPSA) is 132 Å². The number of fused-ring (bicyclic) bond motifs is 5. The van der Waals surface area contributed by atoms with E-state index in [0.29, 0.717) is 12.8 Å². The smallest absolute Gasteiger partial charge is 0.438 e. The van der Waals surface area contributed by atoms with E-state index in [9.17, 15) is 53.9 Å². The van der Waals surface area contributed by atoms with E-state index in [1.807, 2.05) is 6.92 Å². The summed E-state index contributed by atoms with van der Waals surface area (Å²) < 4.78 is 118. The molecule has 4 rings (SSSR count). The number of alkyl halides is 6. The summed E-state index contributed by atoms with van der Waals surface area (Å²) in [5.41, 5.74) is -7.45. The Morgan fingerprint density at radius 1 is 1.00 bits per heavy atom. The van der Waals surface area contributed by atoms with E-state index in [0.717, 1.165) is 6.92 Å². The summed E-state index contributed by atoms with van der Waals surface area (Å²) in [6.07, 6.45) is -11.6. The number of esters is 1. The summed E-state index contributed by atoms with van der Waals surface area (Å²) in [7, 11) is -5.95. The number of rotatable bonds is 5. The Bertz CT molecular complexity index is 1250. The van der Waals surface area contributed by atoms with Crippen LogP contribution in [0, 0.1) is 46.3 Å². The second-order valence-electron chi connectivity index (χ2n) is 12.7. The summed E-state index contributed by atoms with van der Waals surface area (Å²) in [6, 6.07) is 0. The van der Waals surface area contributed by atoms with Crippen molar-refractivity contribution in [1.82, 2.24) is 0 Å². The SMILES string of the molecule is CC(C(=O)OC(CS(=O)(=O)O)(C(F)(F)F)C(F)(F)F)C1CCC2C3C(=O)CC4CC(=O)CCC4(C)C3CC(=O)C12C. The third-order valence-electron chi connectivity index (χ3n) is 10.8. The van der Waals surface area contributed by atoms with Gasteiger partial charge < -0.3 is 4.74 Å². The maximum Gasteiger partial charge on any atom is 0.438 e. The van der Waals surface area contributed by atoms with Crippen LogP contribution in [-0.4, -0.2) is 60.0 Å². The molecule has 8 nitrogen and oxygen atoms in total. The fourth-order valence-corrected chi connectivity index (χ4v) is 9.34. The molecule has 0 amide bonds. The summed E-state index contributed by atoms with van der Waals surface area (Å²) in [4.78, 5) is 52.2. The zero-order valence-electron chi connectivity index (χ0n) is 22.6. The molecular formula is C26H32F6O8S. The average molecular weight is 619 g/mol. The van der Waals surface area contributed by atoms with E-state index < -0.39 is 74.3 Å². The molecule has 0 spiro atoms. The summed E-state index contributed by atoms with van der Waals surface area (Å²) >= 11 is 0. The van der Waals surface area contributed by atoms with Gasteiger partial charge in [0.15, 0.2) is 0 Å². The van der Waals surface area contributed by atoms with Gasteiger partial charge in [-0.25, -0.2) is 0 Å². The highest BCUT2D eigenvalue weighted by Gasteiger charge is 2.76. The van der Waals surface area contributed by atoms with Gasteiger partial charge >= 0.3 is 23.9 Å². The van der Waals surface area contributed by atoms with Gasteiger partial charge in [-0.1, -0.05) is 20.8 Å². The van der Waals surface area contributed by atoms with Crippen molar-refractivity contribution in [2.45, 2.75) is 83.7 Å². The van der Waals surface area contributed by atoms with Crippen molar-refractivity contribution >= 4 is 33.4 Å². The van der Waals surface area contributed by atoms with Crippen LogP contribution in [0.4, 0.5) is 26.3 Å². The fraction of sp³-hybridized carbons (Fsp3) is 0.846. The van der Waals surface area contributed by atoms with E-state index >= 15 is 0 Å². The summed E-state index contributed by atoms with van der Waals surface area (Å²) in [6.45, 7) is 4.44. The van der Waals surface area contributed by atoms with Crippen LogP contribution in [0.25, 0.3) is 0 Å². The van der Waals surface area contributed by atoms with Gasteiger partial charge in [0.05, 0.1) is 5.92 Å². The largest absolute Gasteiger partial charge is 0.438 e. The van der Waals surface area contributed by atoms with Gasteiger partial charge in [0.2, 0.25) is 0 Å². The van der Waals surface area contributed by atoms with Crippen molar-refractivity contribution in [3.63, 3.8) is 0 Å². The average Bonchev–Trinajstić information content (AvgIpc) is 3.16. The zero-order chi connectivity index (χ0) is 31.1. The van der Waals surface area contributed by atoms with E-state index in [1.165, 1.54) is 6.92 Å². The van der Waals surface area contributed by atoms with Crippen molar-refractivity contribution in [3.05, 3.63) is 0 Å². The number of halogens is 6. The molecule has 41 heavy (non-hydrogen) atoms. The van der Waals surface area contributed by atoms with Crippen LogP contribution in [0.3, 0.4) is 0 Å². The van der Waals surface area contributed by atoms with Crippen molar-refractivity contribution in [1.29, 1.82) is 0 Å². The van der Waals surface area contributed by atoms with Crippen molar-refractivity contribution in [2.24, 2.45) is 46.3 Å². The first-order valence-electron chi connectivity index (χ1n) is 13.4. The molecule has 0 aromatic carbocycles. The molecular weight excluding hydrogens is 586 g/mol. The van der Waals surface area contributed by atoms with E-state index in [-0.39, 0.29) is 61.3 Å². The summed E-state index contributed by atoms with van der Waals surface area (Å²) in [5, 5.41) is 0. The van der Waals surface area contributed by atoms with Crippen molar-refractivity contribution in [3.8, 4) is 0 Å². The predicted octanol–water partition coefficient (Wildman–Crippen LogP) is 4.50. The van der Waals surface area contributed by atoms with E-state index in [1.54, 1.807) is 0 Å². The monoisotopic (exact) mass is 618 g/mol. The van der Waals surface area contributed by atoms with Gasteiger partial charge in [0.25, 0.3) is 10.1 Å². The molecule has 8 atom stereocenters. The quantitative estimate of drug-likeness (QED) is 0.271. The molecule has 8 unspecified atom stereocenters. The fourth-order valence-electron chi connectivity index (χ4n) is 8.44. The minimum Gasteiger partial charge on any atom is -0.438 e. The number of Topliss-reactive ketones (excluding diaryl/α,β-unsaturated/α-hetero) is 3. The van der Waals surface area contributed by atoms with Crippen LogP contribution >= 0.6 is 0 Å². The van der Waals surface area contributed by atoms with Crippen LogP contribution in [-0.2, 0) is 34.0 Å². The predicted molar refractivity (Wildman–Crippen MR) is 128 cm³/mol. The number of carbonyl (C=O) groups is 4. The lowest BCUT2D eigenvalue weighted by Gasteiger charge is -2.58. The molecule has 232 valence electrons. The number of ether oxygens (including phenoxy) is 1. The van der Waals surface area contributed by atoms with Gasteiger partial charge in [0, 0.05) is 37.0 Å². The molecule has 4 aliphatic rings. The van der Waals surface area contributed by atoms with Crippen LogP contribution in [0.2, 0.25) is 0 Å². The first-order valence-corrected chi connectivity index (χ1v) is 15.0. The zero-order valence-corrected chi connectivity index (χ0v) is 23.4. The van der Waals surface area contributed by atoms with Crippen molar-refractivity contribution < 1.29 is 63.2 Å². The molecule has 0 saturated heterocycles. The Hall–Kier alpha value is -2.03. The first kappa shape index (κ1) is 31.9. The lowest BCUT2D eigenvalue weighted by atomic mass is 9.44. The number of carbonyl (C=O) groups excluding carboxylic acids is 4.